The monoisotopic (exact) mass is 611 g/mol. The van der Waals surface area contributed by atoms with Gasteiger partial charge in [-0.1, -0.05) is 12.1 Å². The highest BCUT2D eigenvalue weighted by Crippen LogP contribution is 2.38. The molecule has 1 aliphatic rings. The van der Waals surface area contributed by atoms with Crippen LogP contribution in [0.4, 0.5) is 4.79 Å². The normalized spacial score (nSPS) is 14.4. The number of carboxylic acid groups (broad SMARTS) is 1. The molecule has 0 saturated carbocycles. The highest BCUT2D eigenvalue weighted by atomic mass is 127. The molecule has 35 heavy (non-hydrogen) atoms. The third-order valence-corrected chi connectivity index (χ3v) is 6.36. The Bertz CT molecular complexity index is 1200. The molecule has 2 amide bonds. The van der Waals surface area contributed by atoms with Crippen LogP contribution in [0.25, 0.3) is 6.08 Å². The van der Waals surface area contributed by atoms with Gasteiger partial charge >= 0.3 is 11.9 Å². The van der Waals surface area contributed by atoms with Gasteiger partial charge in [0.05, 0.1) is 27.3 Å². The number of nitrogens with zero attached hydrogens (tertiary/aromatic N) is 1. The van der Waals surface area contributed by atoms with Crippen molar-refractivity contribution in [2.75, 3.05) is 19.8 Å². The number of thioether (sulfide) groups is 1. The zero-order chi connectivity index (χ0) is 25.5. The van der Waals surface area contributed by atoms with Crippen molar-refractivity contribution >= 4 is 63.5 Å². The largest absolute Gasteiger partial charge is 0.490 e. The molecule has 0 bridgehead atoms. The SMILES string of the molecule is CCOC(=O)CN1C(=O)S/C(=C/c2cc(I)c(OCc3cccc(C(=O)O)c3)c(OCC)c2)C1=O. The molecule has 1 saturated heterocycles. The predicted molar refractivity (Wildman–Crippen MR) is 137 cm³/mol. The zero-order valence-corrected chi connectivity index (χ0v) is 21.9. The van der Waals surface area contributed by atoms with Crippen LogP contribution in [-0.2, 0) is 20.9 Å². The summed E-state index contributed by atoms with van der Waals surface area (Å²) in [5, 5.41) is 8.63. The Morgan fingerprint density at radius 1 is 1.11 bits per heavy atom. The van der Waals surface area contributed by atoms with Gasteiger partial charge in [0.2, 0.25) is 0 Å². The molecule has 1 aliphatic heterocycles. The third kappa shape index (κ3) is 6.75. The van der Waals surface area contributed by atoms with Gasteiger partial charge in [0.15, 0.2) is 11.5 Å². The molecule has 2 aromatic rings. The fourth-order valence-electron chi connectivity index (χ4n) is 3.15. The second kappa shape index (κ2) is 12.1. The van der Waals surface area contributed by atoms with Crippen LogP contribution in [0.5, 0.6) is 11.5 Å². The molecular formula is C24H22INO8S. The number of carbonyl (C=O) groups excluding carboxylic acids is 3. The Labute approximate surface area is 219 Å². The first-order valence-electron chi connectivity index (χ1n) is 10.6. The van der Waals surface area contributed by atoms with Crippen LogP contribution < -0.4 is 9.47 Å². The Balaban J connectivity index is 1.82. The van der Waals surface area contributed by atoms with E-state index in [2.05, 4.69) is 22.6 Å². The standard InChI is InChI=1S/C24H22INO8S/c1-3-32-18-10-15(11-19-22(28)26(24(31)35-19)12-20(27)33-4-2)9-17(25)21(18)34-13-14-6-5-7-16(8-14)23(29)30/h5-11H,3-4,12-13H2,1-2H3,(H,29,30)/b19-11+. The summed E-state index contributed by atoms with van der Waals surface area (Å²) in [4.78, 5) is 48.9. The van der Waals surface area contributed by atoms with Crippen molar-refractivity contribution in [1.29, 1.82) is 0 Å². The highest BCUT2D eigenvalue weighted by Gasteiger charge is 2.36. The van der Waals surface area contributed by atoms with E-state index in [0.717, 1.165) is 16.7 Å². The van der Waals surface area contributed by atoms with Crippen molar-refractivity contribution in [2.24, 2.45) is 0 Å². The van der Waals surface area contributed by atoms with E-state index in [9.17, 15) is 24.3 Å². The third-order valence-electron chi connectivity index (χ3n) is 4.65. The minimum absolute atomic E-state index is 0.128. The zero-order valence-electron chi connectivity index (χ0n) is 18.9. The van der Waals surface area contributed by atoms with Crippen molar-refractivity contribution in [3.63, 3.8) is 0 Å². The number of halogens is 1. The van der Waals surface area contributed by atoms with Gasteiger partial charge in [-0.15, -0.1) is 0 Å². The summed E-state index contributed by atoms with van der Waals surface area (Å²) in [6.07, 6.45) is 1.56. The lowest BCUT2D eigenvalue weighted by atomic mass is 10.1. The molecule has 0 spiro atoms. The molecule has 0 aliphatic carbocycles. The number of aromatic carboxylic acids is 1. The average Bonchev–Trinajstić information content (AvgIpc) is 3.06. The molecule has 1 N–H and O–H groups in total. The number of amides is 2. The molecular weight excluding hydrogens is 589 g/mol. The Hall–Kier alpha value is -3.06. The molecule has 9 nitrogen and oxygen atoms in total. The van der Waals surface area contributed by atoms with Crippen LogP contribution in [0.15, 0.2) is 41.3 Å². The second-order valence-electron chi connectivity index (χ2n) is 7.13. The number of rotatable bonds is 10. The van der Waals surface area contributed by atoms with Gasteiger partial charge in [-0.2, -0.15) is 0 Å². The minimum atomic E-state index is -1.02. The number of ether oxygens (including phenoxy) is 3. The lowest BCUT2D eigenvalue weighted by Gasteiger charge is -2.15. The number of carboxylic acids is 1. The van der Waals surface area contributed by atoms with Crippen LogP contribution in [0.3, 0.4) is 0 Å². The van der Waals surface area contributed by atoms with Crippen LogP contribution in [0.1, 0.15) is 35.3 Å². The second-order valence-corrected chi connectivity index (χ2v) is 9.29. The van der Waals surface area contributed by atoms with E-state index in [1.165, 1.54) is 12.1 Å². The predicted octanol–water partition coefficient (Wildman–Crippen LogP) is 4.57. The Morgan fingerprint density at radius 2 is 1.89 bits per heavy atom. The van der Waals surface area contributed by atoms with E-state index in [-0.39, 0.29) is 23.7 Å². The number of hydrogen-bond acceptors (Lipinski definition) is 8. The average molecular weight is 611 g/mol. The molecule has 0 radical (unpaired) electrons. The maximum absolute atomic E-state index is 12.7. The van der Waals surface area contributed by atoms with Gasteiger partial charge in [-0.05, 0) is 89.7 Å². The first kappa shape index (κ1) is 26.5. The Kier molecular flexibility index (Phi) is 9.15. The summed E-state index contributed by atoms with van der Waals surface area (Å²) in [7, 11) is 0. The van der Waals surface area contributed by atoms with Gasteiger partial charge in [0.25, 0.3) is 11.1 Å². The van der Waals surface area contributed by atoms with Crippen molar-refractivity contribution in [2.45, 2.75) is 20.5 Å². The molecule has 3 rings (SSSR count). The number of hydrogen-bond donors (Lipinski definition) is 1. The van der Waals surface area contributed by atoms with Crippen molar-refractivity contribution in [3.8, 4) is 11.5 Å². The van der Waals surface area contributed by atoms with Crippen molar-refractivity contribution < 1.29 is 38.5 Å². The molecule has 0 atom stereocenters. The molecule has 1 fully saturated rings. The van der Waals surface area contributed by atoms with Gasteiger partial charge < -0.3 is 19.3 Å². The van der Waals surface area contributed by atoms with Gasteiger partial charge in [-0.3, -0.25) is 19.3 Å². The summed E-state index contributed by atoms with van der Waals surface area (Å²) in [5.41, 5.74) is 1.46. The summed E-state index contributed by atoms with van der Waals surface area (Å²) < 4.78 is 17.2. The van der Waals surface area contributed by atoms with Crippen molar-refractivity contribution in [1.82, 2.24) is 4.90 Å². The smallest absolute Gasteiger partial charge is 0.335 e. The fourth-order valence-corrected chi connectivity index (χ4v) is 4.77. The Morgan fingerprint density at radius 3 is 2.57 bits per heavy atom. The van der Waals surface area contributed by atoms with Gasteiger partial charge in [0.1, 0.15) is 13.2 Å². The van der Waals surface area contributed by atoms with Crippen LogP contribution in [0.2, 0.25) is 0 Å². The number of carbonyl (C=O) groups is 4. The van der Waals surface area contributed by atoms with Crippen LogP contribution >= 0.6 is 34.4 Å². The molecule has 0 aromatic heterocycles. The molecule has 0 unspecified atom stereocenters. The van der Waals surface area contributed by atoms with Crippen LogP contribution in [-0.4, -0.2) is 52.8 Å². The number of esters is 1. The van der Waals surface area contributed by atoms with E-state index in [1.54, 1.807) is 37.3 Å². The van der Waals surface area contributed by atoms with Crippen LogP contribution in [0, 0.1) is 3.57 Å². The lowest BCUT2D eigenvalue weighted by molar-refractivity contribution is -0.145. The van der Waals surface area contributed by atoms with Gasteiger partial charge in [-0.25, -0.2) is 4.79 Å². The topological polar surface area (TPSA) is 119 Å². The summed E-state index contributed by atoms with van der Waals surface area (Å²) >= 11 is 2.82. The minimum Gasteiger partial charge on any atom is -0.490 e. The van der Waals surface area contributed by atoms with E-state index in [0.29, 0.717) is 32.8 Å². The number of imide groups is 1. The van der Waals surface area contributed by atoms with E-state index >= 15 is 0 Å². The van der Waals surface area contributed by atoms with E-state index in [4.69, 9.17) is 14.2 Å². The van der Waals surface area contributed by atoms with E-state index < -0.39 is 29.6 Å². The van der Waals surface area contributed by atoms with Crippen molar-refractivity contribution in [3.05, 3.63) is 61.6 Å². The first-order chi connectivity index (χ1) is 16.7. The highest BCUT2D eigenvalue weighted by molar-refractivity contribution is 14.1. The first-order valence-corrected chi connectivity index (χ1v) is 12.4. The molecule has 184 valence electrons. The van der Waals surface area contributed by atoms with E-state index in [1.807, 2.05) is 6.92 Å². The van der Waals surface area contributed by atoms with Gasteiger partial charge in [0, 0.05) is 0 Å². The number of benzene rings is 2. The molecule has 2 aromatic carbocycles. The quantitative estimate of drug-likeness (QED) is 0.234. The summed E-state index contributed by atoms with van der Waals surface area (Å²) in [6.45, 7) is 3.67. The summed E-state index contributed by atoms with van der Waals surface area (Å²) in [5.74, 6) is -1.33. The fraction of sp³-hybridized carbons (Fsp3) is 0.250. The molecule has 11 heteroatoms. The maximum Gasteiger partial charge on any atom is 0.335 e. The lowest BCUT2D eigenvalue weighted by Crippen LogP contribution is -2.34. The summed E-state index contributed by atoms with van der Waals surface area (Å²) in [6, 6.07) is 9.91. The molecule has 1 heterocycles. The maximum atomic E-state index is 12.7.